The van der Waals surface area contributed by atoms with E-state index in [1.165, 1.54) is 33.5 Å². The summed E-state index contributed by atoms with van der Waals surface area (Å²) in [6, 6.07) is 9.86. The molecule has 0 amide bonds. The second-order valence-electron chi connectivity index (χ2n) is 8.13. The molecule has 1 aliphatic carbocycles. The fourth-order valence-electron chi connectivity index (χ4n) is 4.48. The number of thiophene rings is 2. The molecule has 0 saturated carbocycles. The van der Waals surface area contributed by atoms with Gasteiger partial charge in [-0.1, -0.05) is 48.2 Å². The third kappa shape index (κ3) is 3.55. The first-order valence-corrected chi connectivity index (χ1v) is 13.7. The van der Waals surface area contributed by atoms with Gasteiger partial charge in [-0.3, -0.25) is 14.2 Å². The predicted octanol–water partition coefficient (Wildman–Crippen LogP) is 5.39. The van der Waals surface area contributed by atoms with Crippen LogP contribution in [-0.4, -0.2) is 19.5 Å². The fraction of sp³-hybridized carbons (Fsp3) is 0.200. The SMILES string of the molecule is C=CCn1c(SCc2nc3scc(-c4ccccc4)c3c(=O)[nH]2)nc2sc3c(c2c1=O)CCC3. The van der Waals surface area contributed by atoms with Gasteiger partial charge in [0.05, 0.1) is 16.5 Å². The van der Waals surface area contributed by atoms with Crippen molar-refractivity contribution in [2.45, 2.75) is 36.7 Å². The van der Waals surface area contributed by atoms with Gasteiger partial charge >= 0.3 is 0 Å². The molecule has 0 bridgehead atoms. The van der Waals surface area contributed by atoms with Crippen LogP contribution in [0.5, 0.6) is 0 Å². The summed E-state index contributed by atoms with van der Waals surface area (Å²) < 4.78 is 1.68. The smallest absolute Gasteiger partial charge is 0.263 e. The third-order valence-corrected chi connectivity index (χ3v) is 9.06. The first-order chi connectivity index (χ1) is 16.6. The highest BCUT2D eigenvalue weighted by Gasteiger charge is 2.23. The first-order valence-electron chi connectivity index (χ1n) is 11.0. The van der Waals surface area contributed by atoms with Crippen LogP contribution in [0.1, 0.15) is 22.7 Å². The van der Waals surface area contributed by atoms with Crippen LogP contribution in [0.25, 0.3) is 31.6 Å². The van der Waals surface area contributed by atoms with E-state index in [4.69, 9.17) is 9.97 Å². The molecular weight excluding hydrogens is 485 g/mol. The average Bonchev–Trinajstić information content (AvgIpc) is 3.55. The number of benzene rings is 1. The van der Waals surface area contributed by atoms with Crippen LogP contribution < -0.4 is 11.1 Å². The van der Waals surface area contributed by atoms with Gasteiger partial charge in [-0.15, -0.1) is 29.3 Å². The van der Waals surface area contributed by atoms with E-state index in [-0.39, 0.29) is 11.1 Å². The molecule has 1 aliphatic rings. The molecule has 0 spiro atoms. The zero-order valence-corrected chi connectivity index (χ0v) is 20.6. The van der Waals surface area contributed by atoms with Crippen LogP contribution in [0.2, 0.25) is 0 Å². The number of nitrogens with zero attached hydrogens (tertiary/aromatic N) is 3. The van der Waals surface area contributed by atoms with Crippen molar-refractivity contribution in [3.8, 4) is 11.1 Å². The third-order valence-electron chi connectivity index (χ3n) is 6.02. The second-order valence-corrected chi connectivity index (χ2v) is 11.0. The molecular formula is C25H20N4O2S3. The van der Waals surface area contributed by atoms with Crippen LogP contribution >= 0.6 is 34.4 Å². The highest BCUT2D eigenvalue weighted by atomic mass is 32.2. The highest BCUT2D eigenvalue weighted by Crippen LogP contribution is 2.36. The number of aromatic amines is 1. The predicted molar refractivity (Wildman–Crippen MR) is 141 cm³/mol. The number of aromatic nitrogens is 4. The summed E-state index contributed by atoms with van der Waals surface area (Å²) in [6.45, 7) is 4.21. The van der Waals surface area contributed by atoms with Gasteiger partial charge in [0.25, 0.3) is 11.1 Å². The van der Waals surface area contributed by atoms with Gasteiger partial charge in [0.2, 0.25) is 0 Å². The van der Waals surface area contributed by atoms with E-state index in [0.717, 1.165) is 40.6 Å². The fourth-order valence-corrected chi connectivity index (χ4v) is 7.63. The number of hydrogen-bond acceptors (Lipinski definition) is 7. The van der Waals surface area contributed by atoms with Gasteiger partial charge < -0.3 is 4.98 Å². The maximum absolute atomic E-state index is 13.3. The van der Waals surface area contributed by atoms with Crippen molar-refractivity contribution in [1.29, 1.82) is 0 Å². The molecule has 6 nitrogen and oxygen atoms in total. The summed E-state index contributed by atoms with van der Waals surface area (Å²) in [4.78, 5) is 41.6. The molecule has 1 aromatic carbocycles. The van der Waals surface area contributed by atoms with Gasteiger partial charge in [-0.25, -0.2) is 9.97 Å². The molecule has 0 aliphatic heterocycles. The molecule has 0 fully saturated rings. The molecule has 0 radical (unpaired) electrons. The Kier molecular flexibility index (Phi) is 5.47. The lowest BCUT2D eigenvalue weighted by atomic mass is 10.1. The number of fused-ring (bicyclic) bond motifs is 4. The van der Waals surface area contributed by atoms with Crippen LogP contribution in [-0.2, 0) is 25.1 Å². The molecule has 6 rings (SSSR count). The minimum absolute atomic E-state index is 0.00513. The maximum atomic E-state index is 13.3. The zero-order valence-electron chi connectivity index (χ0n) is 18.2. The highest BCUT2D eigenvalue weighted by molar-refractivity contribution is 7.98. The lowest BCUT2D eigenvalue weighted by Crippen LogP contribution is -2.23. The van der Waals surface area contributed by atoms with Crippen molar-refractivity contribution in [2.24, 2.45) is 0 Å². The Morgan fingerprint density at radius 1 is 1.12 bits per heavy atom. The summed E-state index contributed by atoms with van der Waals surface area (Å²) in [5.74, 6) is 0.973. The summed E-state index contributed by atoms with van der Waals surface area (Å²) in [6.07, 6.45) is 4.79. The van der Waals surface area contributed by atoms with Gasteiger partial charge in [0.1, 0.15) is 15.5 Å². The van der Waals surface area contributed by atoms with E-state index in [9.17, 15) is 9.59 Å². The van der Waals surface area contributed by atoms with Crippen LogP contribution in [0.3, 0.4) is 0 Å². The van der Waals surface area contributed by atoms with Crippen LogP contribution in [0.15, 0.2) is 63.1 Å². The molecule has 170 valence electrons. The normalized spacial score (nSPS) is 13.1. The zero-order chi connectivity index (χ0) is 23.2. The quantitative estimate of drug-likeness (QED) is 0.191. The Morgan fingerprint density at radius 3 is 2.79 bits per heavy atom. The Bertz CT molecular complexity index is 1680. The second kappa shape index (κ2) is 8.65. The molecule has 0 atom stereocenters. The van der Waals surface area contributed by atoms with Gasteiger partial charge in [0.15, 0.2) is 5.16 Å². The number of aryl methyl sites for hydroxylation is 2. The Morgan fingerprint density at radius 2 is 1.97 bits per heavy atom. The Hall–Kier alpha value is -3.01. The van der Waals surface area contributed by atoms with Crippen LogP contribution in [0, 0.1) is 0 Å². The summed E-state index contributed by atoms with van der Waals surface area (Å²) >= 11 is 4.51. The number of thioether (sulfide) groups is 1. The van der Waals surface area contributed by atoms with Gasteiger partial charge in [-0.05, 0) is 30.4 Å². The molecule has 0 saturated heterocycles. The van der Waals surface area contributed by atoms with E-state index < -0.39 is 0 Å². The van der Waals surface area contributed by atoms with Crippen molar-refractivity contribution in [2.75, 3.05) is 0 Å². The number of allylic oxidation sites excluding steroid dienone is 1. The van der Waals surface area contributed by atoms with E-state index in [2.05, 4.69) is 11.6 Å². The first kappa shape index (κ1) is 21.5. The number of H-pyrrole nitrogens is 1. The molecule has 0 unspecified atom stereocenters. The minimum Gasteiger partial charge on any atom is -0.309 e. The molecule has 9 heteroatoms. The number of rotatable bonds is 6. The lowest BCUT2D eigenvalue weighted by molar-refractivity contribution is 0.672. The average molecular weight is 505 g/mol. The topological polar surface area (TPSA) is 80.6 Å². The Balaban J connectivity index is 1.36. The molecule has 5 aromatic rings. The van der Waals surface area contributed by atoms with Crippen molar-refractivity contribution >= 4 is 54.9 Å². The number of nitrogens with one attached hydrogen (secondary N) is 1. The maximum Gasteiger partial charge on any atom is 0.263 e. The van der Waals surface area contributed by atoms with Crippen molar-refractivity contribution in [3.63, 3.8) is 0 Å². The minimum atomic E-state index is -0.151. The van der Waals surface area contributed by atoms with E-state index in [1.807, 2.05) is 35.7 Å². The van der Waals surface area contributed by atoms with Crippen molar-refractivity contribution in [1.82, 2.24) is 19.5 Å². The van der Waals surface area contributed by atoms with Crippen molar-refractivity contribution < 1.29 is 0 Å². The molecule has 1 N–H and O–H groups in total. The van der Waals surface area contributed by atoms with Gasteiger partial charge in [0, 0.05) is 22.4 Å². The summed E-state index contributed by atoms with van der Waals surface area (Å²) in [7, 11) is 0. The summed E-state index contributed by atoms with van der Waals surface area (Å²) in [5, 5.41) is 3.98. The van der Waals surface area contributed by atoms with Crippen LogP contribution in [0.4, 0.5) is 0 Å². The lowest BCUT2D eigenvalue weighted by Gasteiger charge is -2.10. The van der Waals surface area contributed by atoms with Gasteiger partial charge in [-0.2, -0.15) is 0 Å². The molecule has 4 aromatic heterocycles. The molecule has 34 heavy (non-hydrogen) atoms. The van der Waals surface area contributed by atoms with Crippen molar-refractivity contribution in [3.05, 3.63) is 85.3 Å². The standard InChI is InChI=1S/C25H20N4O2S3/c1-2-11-29-24(31)20-15-9-6-10-17(15)34-23(20)28-25(29)33-13-18-26-21(30)19-16(12-32-22(19)27-18)14-7-4-3-5-8-14/h2-5,7-8,12H,1,6,9-11,13H2,(H,26,27,30). The number of hydrogen-bond donors (Lipinski definition) is 1. The largest absolute Gasteiger partial charge is 0.309 e. The monoisotopic (exact) mass is 504 g/mol. The van der Waals surface area contributed by atoms with E-state index in [0.29, 0.717) is 33.5 Å². The summed E-state index contributed by atoms with van der Waals surface area (Å²) in [5.41, 5.74) is 2.91. The Labute approximate surface area is 207 Å². The van der Waals surface area contributed by atoms with E-state index in [1.54, 1.807) is 22.0 Å². The van der Waals surface area contributed by atoms with E-state index >= 15 is 0 Å². The molecule has 4 heterocycles.